The van der Waals surface area contributed by atoms with E-state index < -0.39 is 5.91 Å². The lowest BCUT2D eigenvalue weighted by Crippen LogP contribution is -2.01. The minimum Gasteiger partial charge on any atom is -0.496 e. The van der Waals surface area contributed by atoms with Gasteiger partial charge in [0.25, 0.3) is 5.91 Å². The summed E-state index contributed by atoms with van der Waals surface area (Å²) in [7, 11) is 1.43. The lowest BCUT2D eigenvalue weighted by Gasteiger charge is -2.11. The van der Waals surface area contributed by atoms with Crippen LogP contribution in [-0.2, 0) is 0 Å². The molecule has 0 aliphatic rings. The molecule has 0 saturated carbocycles. The molecule has 3 rings (SSSR count). The average molecular weight is 334 g/mol. The van der Waals surface area contributed by atoms with Gasteiger partial charge in [-0.15, -0.1) is 0 Å². The van der Waals surface area contributed by atoms with Gasteiger partial charge >= 0.3 is 0 Å². The van der Waals surface area contributed by atoms with Gasteiger partial charge < -0.3 is 10.1 Å². The third kappa shape index (κ3) is 3.34. The van der Waals surface area contributed by atoms with Crippen LogP contribution in [0.4, 0.5) is 11.5 Å². The highest BCUT2D eigenvalue weighted by Gasteiger charge is 2.15. The van der Waals surface area contributed by atoms with Crippen LogP contribution in [0.2, 0.25) is 0 Å². The average Bonchev–Trinajstić information content (AvgIpc) is 2.63. The third-order valence-electron chi connectivity index (χ3n) is 3.64. The molecule has 8 nitrogen and oxygen atoms in total. The van der Waals surface area contributed by atoms with Gasteiger partial charge in [0.05, 0.1) is 18.2 Å². The third-order valence-corrected chi connectivity index (χ3v) is 3.64. The first-order chi connectivity index (χ1) is 12.1. The van der Waals surface area contributed by atoms with Gasteiger partial charge in [0.2, 0.25) is 0 Å². The second-order valence-electron chi connectivity index (χ2n) is 5.28. The summed E-state index contributed by atoms with van der Waals surface area (Å²) >= 11 is 0. The van der Waals surface area contributed by atoms with Crippen LogP contribution in [-0.4, -0.2) is 23.0 Å². The van der Waals surface area contributed by atoms with E-state index in [0.717, 1.165) is 11.3 Å². The molecule has 0 fully saturated rings. The normalized spacial score (nSPS) is 10.2. The fourth-order valence-electron chi connectivity index (χ4n) is 2.39. The van der Waals surface area contributed by atoms with Crippen LogP contribution in [0.5, 0.6) is 5.75 Å². The number of methoxy groups -OCH3 is 1. The second-order valence-corrected chi connectivity index (χ2v) is 5.28. The zero-order chi connectivity index (χ0) is 17.8. The summed E-state index contributed by atoms with van der Waals surface area (Å²) in [5.74, 6) is 0.0859. The van der Waals surface area contributed by atoms with Crippen LogP contribution in [0.15, 0.2) is 47.8 Å². The number of carbonyl (C=O) groups is 1. The minimum absolute atomic E-state index is 0.148. The number of rotatable bonds is 4. The Kier molecular flexibility index (Phi) is 4.45. The van der Waals surface area contributed by atoms with E-state index in [0.29, 0.717) is 16.7 Å². The largest absolute Gasteiger partial charge is 0.496 e. The van der Waals surface area contributed by atoms with Gasteiger partial charge in [-0.2, -0.15) is 0 Å². The van der Waals surface area contributed by atoms with E-state index in [1.807, 2.05) is 31.2 Å². The fourth-order valence-corrected chi connectivity index (χ4v) is 2.39. The van der Waals surface area contributed by atoms with Crippen LogP contribution >= 0.6 is 0 Å². The first-order valence-corrected chi connectivity index (χ1v) is 7.38. The molecule has 0 unspecified atom stereocenters. The Hall–Kier alpha value is -3.64. The van der Waals surface area contributed by atoms with Crippen molar-refractivity contribution < 1.29 is 9.53 Å². The number of aryl methyl sites for hydroxylation is 1. The number of amides is 1. The van der Waals surface area contributed by atoms with Gasteiger partial charge in [-0.05, 0) is 35.8 Å². The van der Waals surface area contributed by atoms with E-state index in [2.05, 4.69) is 25.3 Å². The Morgan fingerprint density at radius 3 is 2.68 bits per heavy atom. The number of nitrogens with zero attached hydrogens (tertiary/aromatic N) is 5. The zero-order valence-electron chi connectivity index (χ0n) is 13.6. The molecule has 1 N–H and O–H groups in total. The van der Waals surface area contributed by atoms with Crippen LogP contribution < -0.4 is 10.1 Å². The Bertz CT molecular complexity index is 994. The summed E-state index contributed by atoms with van der Waals surface area (Å²) in [5.41, 5.74) is 11.2. The van der Waals surface area contributed by atoms with E-state index in [9.17, 15) is 4.79 Å². The maximum Gasteiger partial charge on any atom is 0.252 e. The summed E-state index contributed by atoms with van der Waals surface area (Å²) in [5, 5.41) is 6.95. The molecule has 1 aromatic heterocycles. The van der Waals surface area contributed by atoms with Crippen molar-refractivity contribution in [2.24, 2.45) is 5.11 Å². The molecule has 2 aromatic carbocycles. The highest BCUT2D eigenvalue weighted by atomic mass is 16.5. The number of carbonyl (C=O) groups excluding carboxylic acids is 1. The van der Waals surface area contributed by atoms with E-state index in [4.69, 9.17) is 10.3 Å². The number of fused-ring (bicyclic) bond motifs is 1. The number of benzene rings is 2. The molecule has 8 heteroatoms. The molecule has 0 aliphatic carbocycles. The van der Waals surface area contributed by atoms with Crippen molar-refractivity contribution in [3.8, 4) is 5.75 Å². The highest BCUT2D eigenvalue weighted by Crippen LogP contribution is 2.30. The molecule has 3 aromatic rings. The predicted octanol–water partition coefficient (Wildman–Crippen LogP) is 4.14. The number of hydrogen-bond donors (Lipinski definition) is 1. The van der Waals surface area contributed by atoms with Crippen molar-refractivity contribution in [2.45, 2.75) is 6.92 Å². The van der Waals surface area contributed by atoms with Crippen LogP contribution in [0, 0.1) is 6.92 Å². The number of azide groups is 1. The lowest BCUT2D eigenvalue weighted by atomic mass is 10.1. The molecule has 0 spiro atoms. The van der Waals surface area contributed by atoms with Gasteiger partial charge in [0.15, 0.2) is 0 Å². The summed E-state index contributed by atoms with van der Waals surface area (Å²) in [6.07, 6.45) is 1.42. The summed E-state index contributed by atoms with van der Waals surface area (Å²) in [6.45, 7) is 2.00. The Balaban J connectivity index is 2.13. The zero-order valence-corrected chi connectivity index (χ0v) is 13.6. The Labute approximate surface area is 143 Å². The number of anilines is 2. The molecular weight excluding hydrogens is 320 g/mol. The Morgan fingerprint density at radius 1 is 1.24 bits per heavy atom. The van der Waals surface area contributed by atoms with Crippen LogP contribution in [0.1, 0.15) is 15.9 Å². The van der Waals surface area contributed by atoms with Crippen molar-refractivity contribution in [2.75, 3.05) is 12.4 Å². The molecule has 0 saturated heterocycles. The van der Waals surface area contributed by atoms with E-state index in [1.54, 1.807) is 12.1 Å². The quantitative estimate of drug-likeness (QED) is 0.437. The van der Waals surface area contributed by atoms with Gasteiger partial charge in [0.1, 0.15) is 17.9 Å². The number of ether oxygens (including phenoxy) is 1. The van der Waals surface area contributed by atoms with Crippen molar-refractivity contribution in [1.29, 1.82) is 0 Å². The topological polar surface area (TPSA) is 113 Å². The van der Waals surface area contributed by atoms with E-state index in [1.165, 1.54) is 13.4 Å². The molecule has 0 radical (unpaired) electrons. The van der Waals surface area contributed by atoms with Crippen molar-refractivity contribution in [3.63, 3.8) is 0 Å². The van der Waals surface area contributed by atoms with Gasteiger partial charge in [-0.3, -0.25) is 4.79 Å². The number of nitrogens with one attached hydrogen (secondary N) is 1. The molecular formula is C17H14N6O2. The smallest absolute Gasteiger partial charge is 0.252 e. The van der Waals surface area contributed by atoms with E-state index in [-0.39, 0.29) is 11.3 Å². The first kappa shape index (κ1) is 16.2. The summed E-state index contributed by atoms with van der Waals surface area (Å²) in [6, 6.07) is 11.0. The van der Waals surface area contributed by atoms with Crippen molar-refractivity contribution in [1.82, 2.24) is 9.97 Å². The summed E-state index contributed by atoms with van der Waals surface area (Å²) < 4.78 is 5.21. The predicted molar refractivity (Wildman–Crippen MR) is 94.0 cm³/mol. The van der Waals surface area contributed by atoms with Crippen LogP contribution in [0.3, 0.4) is 0 Å². The molecule has 1 amide bonds. The van der Waals surface area contributed by atoms with Crippen molar-refractivity contribution in [3.05, 3.63) is 64.3 Å². The summed E-state index contributed by atoms with van der Waals surface area (Å²) in [4.78, 5) is 23.0. The standard InChI is InChI=1S/C17H14N6O2/c1-10-3-5-11(6-4-10)21-16-12-7-13(17(24)22-23-18)15(25-2)8-14(12)19-9-20-16/h3-9H,1-2H3,(H,19,20,21). The number of aromatic nitrogens is 2. The molecule has 1 heterocycles. The molecule has 124 valence electrons. The molecule has 0 atom stereocenters. The Morgan fingerprint density at radius 2 is 2.00 bits per heavy atom. The number of hydrogen-bond acceptors (Lipinski definition) is 5. The molecule has 25 heavy (non-hydrogen) atoms. The lowest BCUT2D eigenvalue weighted by molar-refractivity contribution is 0.0997. The van der Waals surface area contributed by atoms with Crippen LogP contribution in [0.25, 0.3) is 21.3 Å². The maximum atomic E-state index is 12.0. The van der Waals surface area contributed by atoms with Crippen molar-refractivity contribution >= 4 is 28.3 Å². The fraction of sp³-hybridized carbons (Fsp3) is 0.118. The SMILES string of the molecule is COc1cc2ncnc(Nc3ccc(C)cc3)c2cc1C(=O)N=[N+]=[N-]. The van der Waals surface area contributed by atoms with Gasteiger partial charge in [0, 0.05) is 22.1 Å². The first-order valence-electron chi connectivity index (χ1n) is 7.38. The maximum absolute atomic E-state index is 12.0. The van der Waals surface area contributed by atoms with Gasteiger partial charge in [-0.1, -0.05) is 17.7 Å². The van der Waals surface area contributed by atoms with Gasteiger partial charge in [-0.25, -0.2) is 9.97 Å². The van der Waals surface area contributed by atoms with E-state index >= 15 is 0 Å². The molecule has 0 bridgehead atoms. The minimum atomic E-state index is -0.730. The monoisotopic (exact) mass is 334 g/mol. The molecule has 0 aliphatic heterocycles. The highest BCUT2D eigenvalue weighted by molar-refractivity contribution is 6.03. The second kappa shape index (κ2) is 6.86.